The van der Waals surface area contributed by atoms with Crippen LogP contribution in [0.5, 0.6) is 0 Å². The van der Waals surface area contributed by atoms with Gasteiger partial charge in [0.25, 0.3) is 0 Å². The van der Waals surface area contributed by atoms with E-state index < -0.39 is 0 Å². The predicted octanol–water partition coefficient (Wildman–Crippen LogP) is 1.77. The smallest absolute Gasteiger partial charge is 0.204 e. The molecule has 1 saturated carbocycles. The molecule has 1 fully saturated rings. The van der Waals surface area contributed by atoms with E-state index in [2.05, 4.69) is 28.8 Å². The first-order valence-corrected chi connectivity index (χ1v) is 6.46. The number of aromatic nitrogens is 2. The Labute approximate surface area is 104 Å². The molecule has 4 heteroatoms. The van der Waals surface area contributed by atoms with Gasteiger partial charge in [-0.25, -0.2) is 4.98 Å². The number of imidazole rings is 1. The van der Waals surface area contributed by atoms with Crippen LogP contribution < -0.4 is 10.2 Å². The molecule has 1 aromatic rings. The zero-order valence-corrected chi connectivity index (χ0v) is 11.5. The van der Waals surface area contributed by atoms with E-state index in [4.69, 9.17) is 0 Å². The van der Waals surface area contributed by atoms with E-state index in [0.717, 1.165) is 19.0 Å². The summed E-state index contributed by atoms with van der Waals surface area (Å²) in [5, 5.41) is 3.57. The van der Waals surface area contributed by atoms with Crippen LogP contribution in [-0.2, 0) is 13.6 Å². The maximum absolute atomic E-state index is 4.41. The molecule has 1 aromatic heterocycles. The molecule has 0 radical (unpaired) electrons. The van der Waals surface area contributed by atoms with Crippen LogP contribution >= 0.6 is 0 Å². The molecule has 96 valence electrons. The number of nitrogens with one attached hydrogen (secondary N) is 1. The number of rotatable bonds is 6. The third-order valence-electron chi connectivity index (χ3n) is 3.97. The summed E-state index contributed by atoms with van der Waals surface area (Å²) in [4.78, 5) is 6.45. The van der Waals surface area contributed by atoms with Crippen LogP contribution in [-0.4, -0.2) is 30.2 Å². The highest BCUT2D eigenvalue weighted by Crippen LogP contribution is 2.47. The lowest BCUT2D eigenvalue weighted by Crippen LogP contribution is -2.24. The van der Waals surface area contributed by atoms with Crippen molar-refractivity contribution in [2.24, 2.45) is 12.5 Å². The van der Waals surface area contributed by atoms with Crippen molar-refractivity contribution < 1.29 is 0 Å². The normalized spacial score (nSPS) is 17.2. The lowest BCUT2D eigenvalue weighted by atomic mass is 10.0. The highest BCUT2D eigenvalue weighted by Gasteiger charge is 2.39. The maximum Gasteiger partial charge on any atom is 0.204 e. The molecule has 0 aliphatic heterocycles. The molecule has 0 bridgehead atoms. The Balaban J connectivity index is 1.87. The van der Waals surface area contributed by atoms with Gasteiger partial charge in [-0.15, -0.1) is 0 Å². The monoisotopic (exact) mass is 236 g/mol. The van der Waals surface area contributed by atoms with Crippen LogP contribution in [0, 0.1) is 5.41 Å². The maximum atomic E-state index is 4.41. The molecule has 1 heterocycles. The highest BCUT2D eigenvalue weighted by atomic mass is 15.3. The van der Waals surface area contributed by atoms with Crippen molar-refractivity contribution in [1.29, 1.82) is 0 Å². The first-order chi connectivity index (χ1) is 8.08. The van der Waals surface area contributed by atoms with Gasteiger partial charge in [-0.2, -0.15) is 0 Å². The van der Waals surface area contributed by atoms with Crippen molar-refractivity contribution in [2.75, 3.05) is 25.5 Å². The first-order valence-electron chi connectivity index (χ1n) is 6.46. The fourth-order valence-corrected chi connectivity index (χ4v) is 2.30. The van der Waals surface area contributed by atoms with Crippen molar-refractivity contribution in [3.05, 3.63) is 11.9 Å². The van der Waals surface area contributed by atoms with Crippen LogP contribution in [0.1, 0.15) is 31.9 Å². The Morgan fingerprint density at radius 1 is 1.47 bits per heavy atom. The lowest BCUT2D eigenvalue weighted by molar-refractivity contribution is 0.440. The van der Waals surface area contributed by atoms with E-state index in [1.165, 1.54) is 25.0 Å². The van der Waals surface area contributed by atoms with Gasteiger partial charge >= 0.3 is 0 Å². The van der Waals surface area contributed by atoms with Crippen LogP contribution in [0.3, 0.4) is 0 Å². The van der Waals surface area contributed by atoms with Crippen molar-refractivity contribution in [2.45, 2.75) is 32.7 Å². The van der Waals surface area contributed by atoms with Gasteiger partial charge in [0.05, 0.1) is 11.9 Å². The third-order valence-corrected chi connectivity index (χ3v) is 3.97. The summed E-state index contributed by atoms with van der Waals surface area (Å²) in [6, 6.07) is 0. The summed E-state index contributed by atoms with van der Waals surface area (Å²) in [5.41, 5.74) is 1.86. The Hall–Kier alpha value is -1.03. The number of hydrogen-bond acceptors (Lipinski definition) is 3. The van der Waals surface area contributed by atoms with Gasteiger partial charge in [0.2, 0.25) is 5.95 Å². The minimum Gasteiger partial charge on any atom is -0.348 e. The van der Waals surface area contributed by atoms with Gasteiger partial charge in [-0.1, -0.05) is 6.92 Å². The van der Waals surface area contributed by atoms with E-state index >= 15 is 0 Å². The van der Waals surface area contributed by atoms with Gasteiger partial charge in [-0.3, -0.25) is 0 Å². The second-order valence-electron chi connectivity index (χ2n) is 5.46. The average molecular weight is 236 g/mol. The lowest BCUT2D eigenvalue weighted by Gasteiger charge is -2.15. The Morgan fingerprint density at radius 2 is 2.18 bits per heavy atom. The fraction of sp³-hybridized carbons (Fsp3) is 0.769. The number of anilines is 1. The van der Waals surface area contributed by atoms with E-state index in [1.807, 2.05) is 25.2 Å². The Kier molecular flexibility index (Phi) is 3.43. The van der Waals surface area contributed by atoms with Crippen LogP contribution in [0.2, 0.25) is 0 Å². The van der Waals surface area contributed by atoms with E-state index in [0.29, 0.717) is 5.41 Å². The van der Waals surface area contributed by atoms with Gasteiger partial charge < -0.3 is 14.8 Å². The average Bonchev–Trinajstić information content (AvgIpc) is 2.98. The molecule has 2 rings (SSSR count). The minimum atomic E-state index is 0.614. The van der Waals surface area contributed by atoms with Gasteiger partial charge in [-0.05, 0) is 24.7 Å². The fourth-order valence-electron chi connectivity index (χ4n) is 2.30. The standard InChI is InChI=1S/C13H24N4/c1-5-13(6-7-13)10-14-8-11-9-15-12(16(2)3)17(11)4/h9,14H,5-8,10H2,1-4H3. The number of hydrogen-bond donors (Lipinski definition) is 1. The zero-order valence-electron chi connectivity index (χ0n) is 11.5. The second kappa shape index (κ2) is 4.69. The van der Waals surface area contributed by atoms with E-state index in [1.54, 1.807) is 0 Å². The largest absolute Gasteiger partial charge is 0.348 e. The molecule has 4 nitrogen and oxygen atoms in total. The Bertz CT molecular complexity index is 377. The highest BCUT2D eigenvalue weighted by molar-refractivity contribution is 5.30. The minimum absolute atomic E-state index is 0.614. The second-order valence-corrected chi connectivity index (χ2v) is 5.46. The molecule has 1 aliphatic carbocycles. The summed E-state index contributed by atoms with van der Waals surface area (Å²) in [6.45, 7) is 4.36. The summed E-state index contributed by atoms with van der Waals surface area (Å²) in [5.74, 6) is 1.01. The predicted molar refractivity (Wildman–Crippen MR) is 71.2 cm³/mol. The molecular formula is C13H24N4. The zero-order chi connectivity index (χ0) is 12.5. The molecule has 0 unspecified atom stereocenters. The summed E-state index contributed by atoms with van der Waals surface area (Å²) >= 11 is 0. The van der Waals surface area contributed by atoms with Gasteiger partial charge in [0, 0.05) is 34.2 Å². The molecule has 1 aliphatic rings. The molecule has 0 amide bonds. The van der Waals surface area contributed by atoms with Crippen LogP contribution in [0.4, 0.5) is 5.95 Å². The topological polar surface area (TPSA) is 33.1 Å². The first kappa shape index (κ1) is 12.4. The summed E-state index contributed by atoms with van der Waals surface area (Å²) in [6.07, 6.45) is 6.05. The SMILES string of the molecule is CCC1(CNCc2cnc(N(C)C)n2C)CC1. The summed E-state index contributed by atoms with van der Waals surface area (Å²) < 4.78 is 2.15. The molecule has 0 spiro atoms. The van der Waals surface area contributed by atoms with Crippen LogP contribution in [0.25, 0.3) is 0 Å². The van der Waals surface area contributed by atoms with E-state index in [9.17, 15) is 0 Å². The molecule has 0 saturated heterocycles. The van der Waals surface area contributed by atoms with E-state index in [-0.39, 0.29) is 0 Å². The quantitative estimate of drug-likeness (QED) is 0.817. The van der Waals surface area contributed by atoms with Gasteiger partial charge in [0.15, 0.2) is 0 Å². The third kappa shape index (κ3) is 2.63. The summed E-state index contributed by atoms with van der Waals surface area (Å²) in [7, 11) is 6.12. The van der Waals surface area contributed by atoms with Crippen molar-refractivity contribution in [3.63, 3.8) is 0 Å². The Morgan fingerprint density at radius 3 is 2.65 bits per heavy atom. The van der Waals surface area contributed by atoms with Crippen molar-refractivity contribution in [1.82, 2.24) is 14.9 Å². The molecule has 0 atom stereocenters. The van der Waals surface area contributed by atoms with Crippen molar-refractivity contribution >= 4 is 5.95 Å². The molecule has 1 N–H and O–H groups in total. The molecular weight excluding hydrogens is 212 g/mol. The van der Waals surface area contributed by atoms with Gasteiger partial charge in [0.1, 0.15) is 0 Å². The molecule has 0 aromatic carbocycles. The number of nitrogens with zero attached hydrogens (tertiary/aromatic N) is 3. The van der Waals surface area contributed by atoms with Crippen molar-refractivity contribution in [3.8, 4) is 0 Å². The van der Waals surface area contributed by atoms with Crippen LogP contribution in [0.15, 0.2) is 6.20 Å². The molecule has 17 heavy (non-hydrogen) atoms.